The number of ether oxygens (including phenoxy) is 1. The number of carbonyl (C=O) groups excluding carboxylic acids is 4. The van der Waals surface area contributed by atoms with Crippen molar-refractivity contribution in [2.75, 3.05) is 14.1 Å². The lowest BCUT2D eigenvalue weighted by Gasteiger charge is -2.28. The molecule has 1 aromatic carbocycles. The molecular formula is C18H23N4O8P. The van der Waals surface area contributed by atoms with Crippen LogP contribution in [-0.4, -0.2) is 65.6 Å². The number of hydrogen-bond acceptors (Lipinski definition) is 9. The minimum atomic E-state index is -4.43. The molecule has 0 aliphatic carbocycles. The molecule has 1 saturated heterocycles. The first-order valence-electron chi connectivity index (χ1n) is 9.15. The third-order valence-corrected chi connectivity index (χ3v) is 5.31. The van der Waals surface area contributed by atoms with Gasteiger partial charge in [-0.05, 0) is 32.9 Å². The lowest BCUT2D eigenvalue weighted by molar-refractivity contribution is -0.149. The number of hydrogen-bond donors (Lipinski definition) is 1. The molecule has 0 bridgehead atoms. The number of benzene rings is 1. The van der Waals surface area contributed by atoms with E-state index in [1.165, 1.54) is 19.1 Å². The van der Waals surface area contributed by atoms with Crippen LogP contribution in [-0.2, 0) is 28.3 Å². The van der Waals surface area contributed by atoms with Gasteiger partial charge in [-0.3, -0.25) is 28.8 Å². The van der Waals surface area contributed by atoms with Crippen LogP contribution < -0.4 is 9.61 Å². The lowest BCUT2D eigenvalue weighted by Crippen LogP contribution is -2.57. The molecule has 1 fully saturated rings. The zero-order chi connectivity index (χ0) is 23.3. The molecule has 168 valence electrons. The van der Waals surface area contributed by atoms with Crippen molar-refractivity contribution in [3.8, 4) is 5.75 Å². The molecular weight excluding hydrogens is 431 g/mol. The molecule has 1 heterocycles. The number of esters is 1. The van der Waals surface area contributed by atoms with E-state index in [0.717, 1.165) is 14.1 Å². The Morgan fingerprint density at radius 3 is 2.10 bits per heavy atom. The smallest absolute Gasteiger partial charge is 0.462 e. The summed E-state index contributed by atoms with van der Waals surface area (Å²) in [6.45, 7) is 4.64. The van der Waals surface area contributed by atoms with Gasteiger partial charge in [0.1, 0.15) is 11.8 Å². The second-order valence-electron chi connectivity index (χ2n) is 6.77. The summed E-state index contributed by atoms with van der Waals surface area (Å²) in [6.07, 6.45) is -0.423. The second-order valence-corrected chi connectivity index (χ2v) is 8.37. The number of barbiturate groups is 1. The highest BCUT2D eigenvalue weighted by Gasteiger charge is 2.42. The number of rotatable bonds is 8. The predicted octanol–water partition coefficient (Wildman–Crippen LogP) is 1.53. The molecule has 1 N–H and O–H groups in total. The quantitative estimate of drug-likeness (QED) is 0.351. The van der Waals surface area contributed by atoms with Gasteiger partial charge in [0.2, 0.25) is 5.71 Å². The Hall–Kier alpha value is -3.24. The molecule has 1 aromatic rings. The highest BCUT2D eigenvalue weighted by Crippen LogP contribution is 2.45. The van der Waals surface area contributed by atoms with Crippen molar-refractivity contribution < 1.29 is 37.6 Å². The highest BCUT2D eigenvalue weighted by atomic mass is 31.2. The molecule has 13 heteroatoms. The minimum Gasteiger partial charge on any atom is -0.462 e. The van der Waals surface area contributed by atoms with Gasteiger partial charge in [-0.1, -0.05) is 23.4 Å². The Balaban J connectivity index is 2.32. The van der Waals surface area contributed by atoms with E-state index >= 15 is 0 Å². The van der Waals surface area contributed by atoms with E-state index in [1.54, 1.807) is 32.0 Å². The van der Waals surface area contributed by atoms with Gasteiger partial charge >= 0.3 is 19.7 Å². The Morgan fingerprint density at radius 1 is 1.03 bits per heavy atom. The SMILES string of the molecule is CC(C)OC(=O)[C@H](C)N[P@@](=O)(ON=C1C(=O)N(C)C(=O)N(C)C1=O)Oc1ccccc1. The Labute approximate surface area is 178 Å². The number of carbonyl (C=O) groups is 4. The van der Waals surface area contributed by atoms with Gasteiger partial charge in [-0.15, -0.1) is 0 Å². The first-order valence-corrected chi connectivity index (χ1v) is 10.7. The Morgan fingerprint density at radius 2 is 1.58 bits per heavy atom. The van der Waals surface area contributed by atoms with Crippen molar-refractivity contribution in [3.63, 3.8) is 0 Å². The predicted molar refractivity (Wildman–Crippen MR) is 108 cm³/mol. The van der Waals surface area contributed by atoms with Crippen LogP contribution in [0.25, 0.3) is 0 Å². The maximum Gasteiger partial charge on any atom is 0.533 e. The number of urea groups is 1. The summed E-state index contributed by atoms with van der Waals surface area (Å²) >= 11 is 0. The van der Waals surface area contributed by atoms with Crippen LogP contribution in [0.5, 0.6) is 5.75 Å². The number of nitrogens with one attached hydrogen (secondary N) is 1. The molecule has 4 amide bonds. The van der Waals surface area contributed by atoms with Gasteiger partial charge in [0.15, 0.2) is 0 Å². The van der Waals surface area contributed by atoms with Crippen molar-refractivity contribution in [1.82, 2.24) is 14.9 Å². The third-order valence-electron chi connectivity index (χ3n) is 3.85. The second kappa shape index (κ2) is 9.71. The standard InChI is InChI=1S/C18H23N4O8P/c1-11(2)28-17(25)12(3)20-31(27,29-13-9-7-6-8-10-13)30-19-14-15(23)21(4)18(26)22(5)16(14)24/h6-12H,1-5H3,(H,20,27)/t12-,31-/m0/s1. The van der Waals surface area contributed by atoms with E-state index in [0.29, 0.717) is 9.80 Å². The monoisotopic (exact) mass is 454 g/mol. The van der Waals surface area contributed by atoms with Crippen molar-refractivity contribution in [1.29, 1.82) is 0 Å². The highest BCUT2D eigenvalue weighted by molar-refractivity contribution is 7.52. The fraction of sp³-hybridized carbons (Fsp3) is 0.389. The van der Waals surface area contributed by atoms with Crippen LogP contribution in [0.3, 0.4) is 0 Å². The molecule has 2 rings (SSSR count). The zero-order valence-corrected chi connectivity index (χ0v) is 18.5. The molecule has 0 aromatic heterocycles. The number of imide groups is 2. The fourth-order valence-electron chi connectivity index (χ4n) is 2.29. The van der Waals surface area contributed by atoms with Gasteiger partial charge < -0.3 is 9.26 Å². The van der Waals surface area contributed by atoms with Crippen molar-refractivity contribution >= 4 is 37.3 Å². The van der Waals surface area contributed by atoms with Gasteiger partial charge in [-0.25, -0.2) is 9.36 Å². The van der Waals surface area contributed by atoms with Crippen molar-refractivity contribution in [2.24, 2.45) is 5.16 Å². The molecule has 1 aliphatic rings. The van der Waals surface area contributed by atoms with Gasteiger partial charge in [0, 0.05) is 14.1 Å². The van der Waals surface area contributed by atoms with Crippen LogP contribution >= 0.6 is 7.75 Å². The number of para-hydroxylation sites is 1. The average molecular weight is 454 g/mol. The average Bonchev–Trinajstić information content (AvgIpc) is 2.71. The van der Waals surface area contributed by atoms with E-state index in [1.807, 2.05) is 0 Å². The normalized spacial score (nSPS) is 17.4. The van der Waals surface area contributed by atoms with E-state index in [2.05, 4.69) is 10.2 Å². The number of amides is 4. The number of oxime groups is 1. The summed E-state index contributed by atoms with van der Waals surface area (Å²) in [7, 11) is -2.15. The maximum absolute atomic E-state index is 13.3. The topological polar surface area (TPSA) is 144 Å². The van der Waals surface area contributed by atoms with E-state index in [-0.39, 0.29) is 5.75 Å². The largest absolute Gasteiger partial charge is 0.533 e. The lowest BCUT2D eigenvalue weighted by atomic mass is 10.2. The van der Waals surface area contributed by atoms with Crippen LogP contribution in [0.4, 0.5) is 4.79 Å². The maximum atomic E-state index is 13.3. The van der Waals surface area contributed by atoms with Crippen LogP contribution in [0.15, 0.2) is 35.5 Å². The Bertz CT molecular complexity index is 923. The van der Waals surface area contributed by atoms with E-state index in [9.17, 15) is 23.7 Å². The molecule has 2 atom stereocenters. The van der Waals surface area contributed by atoms with Crippen molar-refractivity contribution in [2.45, 2.75) is 32.9 Å². The first-order chi connectivity index (χ1) is 14.4. The van der Waals surface area contributed by atoms with Crippen LogP contribution in [0.1, 0.15) is 20.8 Å². The van der Waals surface area contributed by atoms with Crippen LogP contribution in [0.2, 0.25) is 0 Å². The summed E-state index contributed by atoms with van der Waals surface area (Å²) in [4.78, 5) is 49.7. The molecule has 1 aliphatic heterocycles. The number of nitrogens with zero attached hydrogens (tertiary/aromatic N) is 3. The zero-order valence-electron chi connectivity index (χ0n) is 17.6. The molecule has 0 unspecified atom stereocenters. The third kappa shape index (κ3) is 5.89. The molecule has 0 saturated carbocycles. The summed E-state index contributed by atoms with van der Waals surface area (Å²) in [5.41, 5.74) is -0.791. The molecule has 12 nitrogen and oxygen atoms in total. The molecule has 0 radical (unpaired) electrons. The summed E-state index contributed by atoms with van der Waals surface area (Å²) in [5, 5.41) is 5.76. The summed E-state index contributed by atoms with van der Waals surface area (Å²) in [5.74, 6) is -2.73. The van der Waals surface area contributed by atoms with Crippen LogP contribution in [0, 0.1) is 0 Å². The minimum absolute atomic E-state index is 0.105. The molecule has 31 heavy (non-hydrogen) atoms. The van der Waals surface area contributed by atoms with Gasteiger partial charge in [0.25, 0.3) is 11.8 Å². The van der Waals surface area contributed by atoms with Gasteiger partial charge in [-0.2, -0.15) is 5.09 Å². The summed E-state index contributed by atoms with van der Waals surface area (Å²) in [6, 6.07) is 5.83. The fourth-order valence-corrected chi connectivity index (χ4v) is 3.59. The van der Waals surface area contributed by atoms with Crippen molar-refractivity contribution in [3.05, 3.63) is 30.3 Å². The Kier molecular flexibility index (Phi) is 7.53. The van der Waals surface area contributed by atoms with E-state index in [4.69, 9.17) is 13.9 Å². The molecule has 0 spiro atoms. The van der Waals surface area contributed by atoms with Gasteiger partial charge in [0.05, 0.1) is 6.10 Å². The summed E-state index contributed by atoms with van der Waals surface area (Å²) < 4.78 is 28.6. The first kappa shape index (κ1) is 24.0. The van der Waals surface area contributed by atoms with E-state index < -0.39 is 49.4 Å².